The van der Waals surface area contributed by atoms with Crippen molar-refractivity contribution in [2.45, 2.75) is 0 Å². The molecule has 0 N–H and O–H groups in total. The summed E-state index contributed by atoms with van der Waals surface area (Å²) in [4.78, 5) is 13.5. The van der Waals surface area contributed by atoms with Gasteiger partial charge in [-0.15, -0.1) is 0 Å². The van der Waals surface area contributed by atoms with Crippen molar-refractivity contribution in [3.8, 4) is 5.69 Å². The molecule has 0 amide bonds. The quantitative estimate of drug-likeness (QED) is 0.269. The molecule has 0 unspecified atom stereocenters. The highest BCUT2D eigenvalue weighted by Crippen LogP contribution is 2.37. The van der Waals surface area contributed by atoms with Crippen LogP contribution in [-0.2, 0) is 0 Å². The van der Waals surface area contributed by atoms with Gasteiger partial charge in [0.25, 0.3) is 5.91 Å². The minimum Gasteiger partial charge on any atom is -0.268 e. The van der Waals surface area contributed by atoms with Gasteiger partial charge < -0.3 is 0 Å². The Balaban J connectivity index is 1.87. The van der Waals surface area contributed by atoms with Crippen molar-refractivity contribution in [2.75, 3.05) is 0 Å². The number of para-hydroxylation sites is 1. The fourth-order valence-corrected chi connectivity index (χ4v) is 4.69. The molecule has 0 saturated heterocycles. The highest BCUT2D eigenvalue weighted by atomic mass is 35.5. The van der Waals surface area contributed by atoms with Gasteiger partial charge in [0.1, 0.15) is 5.69 Å². The molecular formula is C22H11Cl4N3O. The molecule has 0 aliphatic heterocycles. The van der Waals surface area contributed by atoms with Crippen LogP contribution >= 0.6 is 46.4 Å². The van der Waals surface area contributed by atoms with E-state index in [0.717, 1.165) is 16.3 Å². The van der Waals surface area contributed by atoms with E-state index >= 15 is 0 Å². The molecule has 4 nitrogen and oxygen atoms in total. The van der Waals surface area contributed by atoms with Gasteiger partial charge >= 0.3 is 0 Å². The fraction of sp³-hybridized carbons (Fsp3) is 0. The highest BCUT2D eigenvalue weighted by Gasteiger charge is 2.23. The number of fused-ring (bicyclic) bond motifs is 3. The average molecular weight is 475 g/mol. The molecule has 0 bridgehead atoms. The maximum Gasteiger partial charge on any atom is 0.264 e. The summed E-state index contributed by atoms with van der Waals surface area (Å²) in [7, 11) is 0. The van der Waals surface area contributed by atoms with Crippen molar-refractivity contribution in [3.05, 3.63) is 92.5 Å². The Bertz CT molecular complexity index is 1430. The zero-order chi connectivity index (χ0) is 21.0. The largest absolute Gasteiger partial charge is 0.268 e. The first-order chi connectivity index (χ1) is 14.5. The minimum atomic E-state index is -0.221. The molecule has 5 aromatic rings. The van der Waals surface area contributed by atoms with Crippen LogP contribution in [0.15, 0.2) is 66.9 Å². The van der Waals surface area contributed by atoms with Crippen LogP contribution in [0.5, 0.6) is 0 Å². The molecule has 0 spiro atoms. The van der Waals surface area contributed by atoms with Crippen LogP contribution in [0.1, 0.15) is 10.4 Å². The molecule has 2 aromatic heterocycles. The molecule has 30 heavy (non-hydrogen) atoms. The third-order valence-electron chi connectivity index (χ3n) is 4.88. The first-order valence-corrected chi connectivity index (χ1v) is 10.4. The monoisotopic (exact) mass is 473 g/mol. The Morgan fingerprint density at radius 1 is 0.800 bits per heavy atom. The van der Waals surface area contributed by atoms with E-state index in [4.69, 9.17) is 46.4 Å². The van der Waals surface area contributed by atoms with Crippen LogP contribution < -0.4 is 0 Å². The van der Waals surface area contributed by atoms with E-state index in [1.54, 1.807) is 51.8 Å². The number of halogens is 4. The van der Waals surface area contributed by atoms with Crippen molar-refractivity contribution in [1.82, 2.24) is 14.3 Å². The number of hydrogen-bond acceptors (Lipinski definition) is 2. The summed E-state index contributed by atoms with van der Waals surface area (Å²) >= 11 is 25.0. The second-order valence-corrected chi connectivity index (χ2v) is 8.36. The number of nitrogens with zero attached hydrogens (tertiary/aromatic N) is 3. The van der Waals surface area contributed by atoms with Gasteiger partial charge in [-0.2, -0.15) is 5.10 Å². The number of benzene rings is 3. The SMILES string of the molecule is O=C(c1ccc(Cl)cc1)n1c2ccccc2c2cnn(-c3c(Cl)cc(Cl)cc3Cl)c21. The first kappa shape index (κ1) is 19.5. The third kappa shape index (κ3) is 2.99. The van der Waals surface area contributed by atoms with Crippen molar-refractivity contribution in [1.29, 1.82) is 0 Å². The van der Waals surface area contributed by atoms with Gasteiger partial charge in [-0.3, -0.25) is 9.36 Å². The first-order valence-electron chi connectivity index (χ1n) is 8.88. The number of hydrogen-bond donors (Lipinski definition) is 0. The van der Waals surface area contributed by atoms with Gasteiger partial charge in [0.15, 0.2) is 5.65 Å². The van der Waals surface area contributed by atoms with Gasteiger partial charge in [0, 0.05) is 26.4 Å². The van der Waals surface area contributed by atoms with E-state index in [0.29, 0.717) is 37.0 Å². The normalized spacial score (nSPS) is 11.5. The molecule has 8 heteroatoms. The zero-order valence-electron chi connectivity index (χ0n) is 15.1. The molecule has 0 atom stereocenters. The molecule has 0 radical (unpaired) electrons. The van der Waals surface area contributed by atoms with Gasteiger partial charge in [-0.25, -0.2) is 4.68 Å². The lowest BCUT2D eigenvalue weighted by atomic mass is 10.2. The summed E-state index contributed by atoms with van der Waals surface area (Å²) in [6.07, 6.45) is 1.70. The Kier molecular flexibility index (Phi) is 4.75. The summed E-state index contributed by atoms with van der Waals surface area (Å²) in [6, 6.07) is 17.5. The summed E-state index contributed by atoms with van der Waals surface area (Å²) in [5.74, 6) is -0.221. The van der Waals surface area contributed by atoms with E-state index in [2.05, 4.69) is 5.10 Å². The van der Waals surface area contributed by atoms with Crippen molar-refractivity contribution >= 4 is 74.2 Å². The molecule has 148 valence electrons. The smallest absolute Gasteiger partial charge is 0.264 e. The summed E-state index contributed by atoms with van der Waals surface area (Å²) in [6.45, 7) is 0. The van der Waals surface area contributed by atoms with Crippen LogP contribution in [0, 0.1) is 0 Å². The lowest BCUT2D eigenvalue weighted by Crippen LogP contribution is -2.14. The van der Waals surface area contributed by atoms with Crippen molar-refractivity contribution in [3.63, 3.8) is 0 Å². The average Bonchev–Trinajstić information content (AvgIpc) is 3.26. The molecule has 5 rings (SSSR count). The number of rotatable bonds is 2. The van der Waals surface area contributed by atoms with Gasteiger partial charge in [0.05, 0.1) is 21.8 Å². The topological polar surface area (TPSA) is 39.8 Å². The second kappa shape index (κ2) is 7.33. The van der Waals surface area contributed by atoms with Crippen LogP contribution in [-0.4, -0.2) is 20.3 Å². The molecule has 2 heterocycles. The standard InChI is InChI=1S/C22H11Cl4N3O/c23-13-7-5-12(6-8-13)22(30)28-19-4-2-1-3-15(19)16-11-27-29(21(16)28)20-17(25)9-14(24)10-18(20)26/h1-11H. The van der Waals surface area contributed by atoms with Crippen molar-refractivity contribution < 1.29 is 4.79 Å². The Morgan fingerprint density at radius 3 is 2.17 bits per heavy atom. The molecule has 0 aliphatic carbocycles. The van der Waals surface area contributed by atoms with E-state index < -0.39 is 0 Å². The minimum absolute atomic E-state index is 0.221. The number of carbonyl (C=O) groups is 1. The predicted octanol–water partition coefficient (Wildman–Crippen LogP) is 7.28. The van der Waals surface area contributed by atoms with Crippen LogP contribution in [0.2, 0.25) is 20.1 Å². The van der Waals surface area contributed by atoms with E-state index in [1.165, 1.54) is 0 Å². The van der Waals surface area contributed by atoms with Crippen LogP contribution in [0.4, 0.5) is 0 Å². The van der Waals surface area contributed by atoms with Crippen LogP contribution in [0.25, 0.3) is 27.6 Å². The Morgan fingerprint density at radius 2 is 1.47 bits per heavy atom. The predicted molar refractivity (Wildman–Crippen MR) is 123 cm³/mol. The highest BCUT2D eigenvalue weighted by molar-refractivity contribution is 6.40. The molecule has 0 aliphatic rings. The molecule has 0 saturated carbocycles. The molecule has 0 fully saturated rings. The maximum atomic E-state index is 13.5. The van der Waals surface area contributed by atoms with E-state index in [-0.39, 0.29) is 5.91 Å². The lowest BCUT2D eigenvalue weighted by molar-refractivity contribution is 0.0968. The summed E-state index contributed by atoms with van der Waals surface area (Å²) in [5.41, 5.74) is 2.25. The van der Waals surface area contributed by atoms with Gasteiger partial charge in [-0.1, -0.05) is 64.6 Å². The number of carbonyl (C=O) groups excluding carboxylic acids is 1. The Hall–Kier alpha value is -2.50. The van der Waals surface area contributed by atoms with E-state index in [9.17, 15) is 4.79 Å². The Labute approximate surface area is 191 Å². The number of aromatic nitrogens is 3. The second-order valence-electron chi connectivity index (χ2n) is 6.68. The molecule has 3 aromatic carbocycles. The van der Waals surface area contributed by atoms with Gasteiger partial charge in [0.2, 0.25) is 0 Å². The molecular weight excluding hydrogens is 464 g/mol. The maximum absolute atomic E-state index is 13.5. The van der Waals surface area contributed by atoms with Crippen LogP contribution in [0.3, 0.4) is 0 Å². The summed E-state index contributed by atoms with van der Waals surface area (Å²) < 4.78 is 3.19. The van der Waals surface area contributed by atoms with E-state index in [1.807, 2.05) is 24.3 Å². The fourth-order valence-electron chi connectivity index (χ4n) is 3.59. The summed E-state index contributed by atoms with van der Waals surface area (Å²) in [5, 5.41) is 7.80. The lowest BCUT2D eigenvalue weighted by Gasteiger charge is -2.12. The van der Waals surface area contributed by atoms with Crippen molar-refractivity contribution in [2.24, 2.45) is 0 Å². The zero-order valence-corrected chi connectivity index (χ0v) is 18.1. The third-order valence-corrected chi connectivity index (χ3v) is 5.92. The van der Waals surface area contributed by atoms with Gasteiger partial charge in [-0.05, 0) is 42.5 Å².